The van der Waals surface area contributed by atoms with Gasteiger partial charge in [-0.3, -0.25) is 4.90 Å². The average molecular weight is 349 g/mol. The zero-order valence-corrected chi connectivity index (χ0v) is 14.7. The van der Waals surface area contributed by atoms with E-state index in [2.05, 4.69) is 40.7 Å². The van der Waals surface area contributed by atoms with Crippen LogP contribution in [0, 0.1) is 13.8 Å². The second-order valence-corrected chi connectivity index (χ2v) is 6.07. The number of aryl methyl sites for hydroxylation is 2. The number of thiophene rings is 1. The van der Waals surface area contributed by atoms with Gasteiger partial charge >= 0.3 is 0 Å². The second-order valence-electron chi connectivity index (χ2n) is 5.09. The molecule has 6 heteroatoms. The standard InChI is InChI=1S/C15H20N2OS.2ClH/c1-11-10-13(18-12(11)2)15(14-4-3-9-19-14)17-7-5-16-6-8-17;;/h3-4,9-10,15-16H,5-8H2,1-2H3;2*1H/t15-;;/m0../s1. The van der Waals surface area contributed by atoms with Crippen LogP contribution in [0.25, 0.3) is 0 Å². The van der Waals surface area contributed by atoms with Crippen LogP contribution in [0.3, 0.4) is 0 Å². The first kappa shape index (κ1) is 18.5. The Hall–Kier alpha value is -0.520. The molecular weight excluding hydrogens is 327 g/mol. The van der Waals surface area contributed by atoms with Crippen LogP contribution < -0.4 is 5.32 Å². The molecule has 0 radical (unpaired) electrons. The fourth-order valence-corrected chi connectivity index (χ4v) is 3.49. The van der Waals surface area contributed by atoms with Crippen molar-refractivity contribution in [2.45, 2.75) is 19.9 Å². The molecule has 2 aromatic heterocycles. The van der Waals surface area contributed by atoms with Crippen molar-refractivity contribution in [1.29, 1.82) is 0 Å². The minimum atomic E-state index is 0. The average Bonchev–Trinajstić information content (AvgIpc) is 3.03. The molecule has 2 aromatic rings. The smallest absolute Gasteiger partial charge is 0.126 e. The first-order valence-corrected chi connectivity index (χ1v) is 7.69. The van der Waals surface area contributed by atoms with Gasteiger partial charge in [-0.25, -0.2) is 0 Å². The van der Waals surface area contributed by atoms with Gasteiger partial charge in [-0.15, -0.1) is 36.2 Å². The summed E-state index contributed by atoms with van der Waals surface area (Å²) in [6.45, 7) is 8.41. The zero-order valence-electron chi connectivity index (χ0n) is 12.3. The van der Waals surface area contributed by atoms with Gasteiger partial charge in [-0.2, -0.15) is 0 Å². The molecule has 0 saturated carbocycles. The van der Waals surface area contributed by atoms with E-state index in [0.29, 0.717) is 0 Å². The quantitative estimate of drug-likeness (QED) is 0.914. The molecule has 1 fully saturated rings. The van der Waals surface area contributed by atoms with E-state index in [-0.39, 0.29) is 30.9 Å². The second kappa shape index (κ2) is 8.20. The molecule has 21 heavy (non-hydrogen) atoms. The number of nitrogens with zero attached hydrogens (tertiary/aromatic N) is 1. The molecule has 0 amide bonds. The summed E-state index contributed by atoms with van der Waals surface area (Å²) >= 11 is 1.81. The Bertz CT molecular complexity index is 516. The van der Waals surface area contributed by atoms with E-state index >= 15 is 0 Å². The summed E-state index contributed by atoms with van der Waals surface area (Å²) in [7, 11) is 0. The number of nitrogens with one attached hydrogen (secondary N) is 1. The summed E-state index contributed by atoms with van der Waals surface area (Å²) in [5, 5.41) is 5.56. The summed E-state index contributed by atoms with van der Waals surface area (Å²) in [6, 6.07) is 6.80. The van der Waals surface area contributed by atoms with Crippen molar-refractivity contribution in [1.82, 2.24) is 10.2 Å². The van der Waals surface area contributed by atoms with Gasteiger partial charge in [-0.05, 0) is 36.9 Å². The Labute approximate surface area is 142 Å². The number of piperazine rings is 1. The van der Waals surface area contributed by atoms with E-state index in [0.717, 1.165) is 37.7 Å². The largest absolute Gasteiger partial charge is 0.464 e. The van der Waals surface area contributed by atoms with Crippen LogP contribution in [0.4, 0.5) is 0 Å². The molecule has 1 aliphatic heterocycles. The third-order valence-electron chi connectivity index (χ3n) is 3.78. The maximum Gasteiger partial charge on any atom is 0.126 e. The van der Waals surface area contributed by atoms with E-state index in [1.54, 1.807) is 0 Å². The number of rotatable bonds is 3. The van der Waals surface area contributed by atoms with E-state index in [4.69, 9.17) is 4.42 Å². The Kier molecular flexibility index (Phi) is 7.24. The molecule has 3 nitrogen and oxygen atoms in total. The molecule has 0 unspecified atom stereocenters. The summed E-state index contributed by atoms with van der Waals surface area (Å²) in [6.07, 6.45) is 0. The monoisotopic (exact) mass is 348 g/mol. The van der Waals surface area contributed by atoms with Crippen LogP contribution in [0.15, 0.2) is 28.0 Å². The molecule has 0 bridgehead atoms. The van der Waals surface area contributed by atoms with Gasteiger partial charge in [0.25, 0.3) is 0 Å². The Balaban J connectivity index is 0.00000110. The summed E-state index contributed by atoms with van der Waals surface area (Å²) < 4.78 is 6.00. The van der Waals surface area contributed by atoms with E-state index < -0.39 is 0 Å². The molecule has 0 aromatic carbocycles. The van der Waals surface area contributed by atoms with Gasteiger partial charge in [0.2, 0.25) is 0 Å². The molecule has 1 atom stereocenters. The van der Waals surface area contributed by atoms with Crippen molar-refractivity contribution in [3.05, 3.63) is 45.5 Å². The van der Waals surface area contributed by atoms with Crippen molar-refractivity contribution in [3.63, 3.8) is 0 Å². The highest BCUT2D eigenvalue weighted by Gasteiger charge is 2.27. The summed E-state index contributed by atoms with van der Waals surface area (Å²) in [4.78, 5) is 3.88. The van der Waals surface area contributed by atoms with E-state index in [1.807, 2.05) is 18.3 Å². The molecule has 1 aliphatic rings. The van der Waals surface area contributed by atoms with Crippen LogP contribution >= 0.6 is 36.2 Å². The van der Waals surface area contributed by atoms with Gasteiger partial charge in [-0.1, -0.05) is 6.07 Å². The minimum absolute atomic E-state index is 0. The van der Waals surface area contributed by atoms with Crippen molar-refractivity contribution < 1.29 is 4.42 Å². The molecule has 3 rings (SSSR count). The predicted molar refractivity (Wildman–Crippen MR) is 93.3 cm³/mol. The normalized spacial score (nSPS) is 16.9. The molecular formula is C15H22Cl2N2OS. The zero-order chi connectivity index (χ0) is 13.2. The van der Waals surface area contributed by atoms with Crippen LogP contribution in [-0.4, -0.2) is 31.1 Å². The number of hydrogen-bond acceptors (Lipinski definition) is 4. The highest BCUT2D eigenvalue weighted by atomic mass is 35.5. The van der Waals surface area contributed by atoms with Gasteiger partial charge < -0.3 is 9.73 Å². The van der Waals surface area contributed by atoms with Crippen molar-refractivity contribution in [2.24, 2.45) is 0 Å². The van der Waals surface area contributed by atoms with Gasteiger partial charge in [0, 0.05) is 31.1 Å². The fourth-order valence-electron chi connectivity index (χ4n) is 2.62. The van der Waals surface area contributed by atoms with Gasteiger partial charge in [0.15, 0.2) is 0 Å². The highest BCUT2D eigenvalue weighted by molar-refractivity contribution is 7.10. The first-order chi connectivity index (χ1) is 9.25. The van der Waals surface area contributed by atoms with Crippen LogP contribution in [0.1, 0.15) is 28.0 Å². The lowest BCUT2D eigenvalue weighted by Gasteiger charge is -2.33. The van der Waals surface area contributed by atoms with Crippen molar-refractivity contribution in [2.75, 3.05) is 26.2 Å². The first-order valence-electron chi connectivity index (χ1n) is 6.81. The highest BCUT2D eigenvalue weighted by Crippen LogP contribution is 2.34. The lowest BCUT2D eigenvalue weighted by Crippen LogP contribution is -2.45. The summed E-state index contributed by atoms with van der Waals surface area (Å²) in [5.41, 5.74) is 1.24. The molecule has 0 aliphatic carbocycles. The maximum atomic E-state index is 6.00. The van der Waals surface area contributed by atoms with Crippen molar-refractivity contribution >= 4 is 36.2 Å². The van der Waals surface area contributed by atoms with Gasteiger partial charge in [0.1, 0.15) is 17.6 Å². The van der Waals surface area contributed by atoms with Gasteiger partial charge in [0.05, 0.1) is 0 Å². The fraction of sp³-hybridized carbons (Fsp3) is 0.467. The Morgan fingerprint density at radius 2 is 1.95 bits per heavy atom. The van der Waals surface area contributed by atoms with Crippen LogP contribution in [0.2, 0.25) is 0 Å². The van der Waals surface area contributed by atoms with Crippen molar-refractivity contribution in [3.8, 4) is 0 Å². The lowest BCUT2D eigenvalue weighted by atomic mass is 10.1. The maximum absolute atomic E-state index is 6.00. The Morgan fingerprint density at radius 1 is 1.24 bits per heavy atom. The lowest BCUT2D eigenvalue weighted by molar-refractivity contribution is 0.181. The minimum Gasteiger partial charge on any atom is -0.464 e. The molecule has 1 saturated heterocycles. The molecule has 1 N–H and O–H groups in total. The van der Waals surface area contributed by atoms with Crippen LogP contribution in [-0.2, 0) is 0 Å². The number of furan rings is 1. The van der Waals surface area contributed by atoms with Crippen LogP contribution in [0.5, 0.6) is 0 Å². The SMILES string of the molecule is Cc1cc([C@@H](c2cccs2)N2CCNCC2)oc1C.Cl.Cl. The topological polar surface area (TPSA) is 28.4 Å². The summed E-state index contributed by atoms with van der Waals surface area (Å²) in [5.74, 6) is 2.12. The third-order valence-corrected chi connectivity index (χ3v) is 4.71. The number of halogens is 2. The molecule has 3 heterocycles. The molecule has 118 valence electrons. The number of hydrogen-bond donors (Lipinski definition) is 1. The van der Waals surface area contributed by atoms with E-state index in [1.165, 1.54) is 10.4 Å². The molecule has 0 spiro atoms. The van der Waals surface area contributed by atoms with E-state index in [9.17, 15) is 0 Å². The third kappa shape index (κ3) is 4.02. The Morgan fingerprint density at radius 3 is 2.48 bits per heavy atom. The predicted octanol–water partition coefficient (Wildman–Crippen LogP) is 3.80.